The zero-order valence-electron chi connectivity index (χ0n) is 12.7. The third-order valence-electron chi connectivity index (χ3n) is 4.96. The zero-order valence-corrected chi connectivity index (χ0v) is 12.7. The van der Waals surface area contributed by atoms with Gasteiger partial charge in [-0.05, 0) is 51.4 Å². The van der Waals surface area contributed by atoms with E-state index in [1.807, 2.05) is 6.92 Å². The Bertz CT molecular complexity index is 288. The van der Waals surface area contributed by atoms with Gasteiger partial charge in [0.1, 0.15) is 0 Å². The van der Waals surface area contributed by atoms with Crippen molar-refractivity contribution in [3.63, 3.8) is 0 Å². The van der Waals surface area contributed by atoms with Crippen molar-refractivity contribution in [3.8, 4) is 0 Å². The van der Waals surface area contributed by atoms with E-state index in [0.717, 1.165) is 25.7 Å². The maximum absolute atomic E-state index is 11.7. The molecular formula is C16H30O3. The molecule has 1 atom stereocenters. The molecule has 0 aliphatic heterocycles. The fourth-order valence-corrected chi connectivity index (χ4v) is 3.33. The van der Waals surface area contributed by atoms with Crippen LogP contribution in [0.4, 0.5) is 0 Å². The molecule has 1 rings (SSSR count). The first-order valence-corrected chi connectivity index (χ1v) is 7.81. The highest BCUT2D eigenvalue weighted by molar-refractivity contribution is 5.74. The molecule has 1 fully saturated rings. The second-order valence-electron chi connectivity index (χ2n) is 6.70. The van der Waals surface area contributed by atoms with Crippen molar-refractivity contribution in [2.45, 2.75) is 84.2 Å². The first-order valence-electron chi connectivity index (χ1n) is 7.81. The average Bonchev–Trinajstić information content (AvgIpc) is 2.37. The number of aliphatic carboxylic acids is 1. The van der Waals surface area contributed by atoms with Crippen molar-refractivity contribution in [1.82, 2.24) is 0 Å². The molecule has 2 N–H and O–H groups in total. The van der Waals surface area contributed by atoms with Crippen molar-refractivity contribution in [2.24, 2.45) is 11.3 Å². The minimum absolute atomic E-state index is 0.395. The van der Waals surface area contributed by atoms with Crippen LogP contribution < -0.4 is 0 Å². The summed E-state index contributed by atoms with van der Waals surface area (Å²) in [5, 5.41) is 19.8. The second-order valence-corrected chi connectivity index (χ2v) is 6.70. The molecule has 3 nitrogen and oxygen atoms in total. The van der Waals surface area contributed by atoms with Gasteiger partial charge in [0.2, 0.25) is 0 Å². The number of hydrogen-bond donors (Lipinski definition) is 2. The molecule has 1 saturated carbocycles. The van der Waals surface area contributed by atoms with E-state index in [4.69, 9.17) is 0 Å². The smallest absolute Gasteiger partial charge is 0.309 e. The minimum Gasteiger partial charge on any atom is -0.481 e. The van der Waals surface area contributed by atoms with E-state index in [1.54, 1.807) is 6.92 Å². The van der Waals surface area contributed by atoms with Gasteiger partial charge in [0.05, 0.1) is 11.0 Å². The molecule has 0 amide bonds. The van der Waals surface area contributed by atoms with Gasteiger partial charge in [-0.3, -0.25) is 4.79 Å². The van der Waals surface area contributed by atoms with Gasteiger partial charge >= 0.3 is 5.97 Å². The van der Waals surface area contributed by atoms with E-state index in [2.05, 4.69) is 6.92 Å². The fourth-order valence-electron chi connectivity index (χ4n) is 3.33. The van der Waals surface area contributed by atoms with Crippen LogP contribution in [0, 0.1) is 11.3 Å². The number of rotatable bonds is 7. The van der Waals surface area contributed by atoms with Crippen molar-refractivity contribution >= 4 is 5.97 Å². The Labute approximate surface area is 117 Å². The van der Waals surface area contributed by atoms with Crippen LogP contribution >= 0.6 is 0 Å². The lowest BCUT2D eigenvalue weighted by Crippen LogP contribution is -2.42. The number of unbranched alkanes of at least 4 members (excludes halogenated alkanes) is 1. The van der Waals surface area contributed by atoms with Crippen LogP contribution in [-0.2, 0) is 4.79 Å². The largest absolute Gasteiger partial charge is 0.481 e. The fraction of sp³-hybridized carbons (Fsp3) is 0.938. The van der Waals surface area contributed by atoms with Gasteiger partial charge in [-0.2, -0.15) is 0 Å². The molecule has 3 heteroatoms. The normalized spacial score (nSPS) is 30.8. The number of carboxylic acid groups (broad SMARTS) is 1. The molecule has 0 radical (unpaired) electrons. The van der Waals surface area contributed by atoms with Crippen molar-refractivity contribution < 1.29 is 15.0 Å². The Morgan fingerprint density at radius 2 is 1.89 bits per heavy atom. The van der Waals surface area contributed by atoms with E-state index in [0.29, 0.717) is 18.8 Å². The van der Waals surface area contributed by atoms with Gasteiger partial charge in [0.25, 0.3) is 0 Å². The van der Waals surface area contributed by atoms with E-state index in [1.165, 1.54) is 19.3 Å². The molecule has 0 spiro atoms. The molecular weight excluding hydrogens is 240 g/mol. The van der Waals surface area contributed by atoms with Crippen LogP contribution in [0.2, 0.25) is 0 Å². The van der Waals surface area contributed by atoms with Gasteiger partial charge in [0.15, 0.2) is 0 Å². The van der Waals surface area contributed by atoms with Crippen LogP contribution in [0.1, 0.15) is 78.6 Å². The van der Waals surface area contributed by atoms with Crippen LogP contribution in [0.25, 0.3) is 0 Å². The van der Waals surface area contributed by atoms with Crippen molar-refractivity contribution in [2.75, 3.05) is 0 Å². The maximum atomic E-state index is 11.7. The SMILES string of the molecule is CCCCC1CCC(CC(C)(O)CC)(C(=O)O)CC1. The highest BCUT2D eigenvalue weighted by atomic mass is 16.4. The molecule has 0 saturated heterocycles. The van der Waals surface area contributed by atoms with Gasteiger partial charge in [-0.15, -0.1) is 0 Å². The lowest BCUT2D eigenvalue weighted by molar-refractivity contribution is -0.157. The third kappa shape index (κ3) is 4.48. The quantitative estimate of drug-likeness (QED) is 0.735. The molecule has 0 aromatic rings. The lowest BCUT2D eigenvalue weighted by atomic mass is 9.64. The Kier molecular flexibility index (Phi) is 5.84. The van der Waals surface area contributed by atoms with Crippen LogP contribution in [0.5, 0.6) is 0 Å². The van der Waals surface area contributed by atoms with E-state index in [-0.39, 0.29) is 0 Å². The predicted molar refractivity (Wildman–Crippen MR) is 77.1 cm³/mol. The average molecular weight is 270 g/mol. The van der Waals surface area contributed by atoms with E-state index >= 15 is 0 Å². The monoisotopic (exact) mass is 270 g/mol. The summed E-state index contributed by atoms with van der Waals surface area (Å²) in [6.07, 6.45) is 8.17. The summed E-state index contributed by atoms with van der Waals surface area (Å²) >= 11 is 0. The zero-order chi connectivity index (χ0) is 14.5. The summed E-state index contributed by atoms with van der Waals surface area (Å²) in [7, 11) is 0. The highest BCUT2D eigenvalue weighted by Gasteiger charge is 2.45. The van der Waals surface area contributed by atoms with Crippen LogP contribution in [-0.4, -0.2) is 21.8 Å². The predicted octanol–water partition coefficient (Wildman–Crippen LogP) is 3.99. The minimum atomic E-state index is -0.853. The molecule has 112 valence electrons. The molecule has 1 aliphatic carbocycles. The molecule has 19 heavy (non-hydrogen) atoms. The Morgan fingerprint density at radius 1 is 1.32 bits per heavy atom. The summed E-state index contributed by atoms with van der Waals surface area (Å²) < 4.78 is 0. The van der Waals surface area contributed by atoms with Gasteiger partial charge in [-0.25, -0.2) is 0 Å². The third-order valence-corrected chi connectivity index (χ3v) is 4.96. The molecule has 1 unspecified atom stereocenters. The van der Waals surface area contributed by atoms with Gasteiger partial charge in [-0.1, -0.05) is 33.1 Å². The number of carbonyl (C=O) groups is 1. The molecule has 0 aromatic heterocycles. The number of hydrogen-bond acceptors (Lipinski definition) is 2. The summed E-state index contributed by atoms with van der Waals surface area (Å²) in [4.78, 5) is 11.7. The molecule has 0 bridgehead atoms. The summed E-state index contributed by atoms with van der Waals surface area (Å²) in [5.74, 6) is -0.0193. The van der Waals surface area contributed by atoms with Crippen molar-refractivity contribution in [3.05, 3.63) is 0 Å². The summed E-state index contributed by atoms with van der Waals surface area (Å²) in [6, 6.07) is 0. The molecule has 0 heterocycles. The van der Waals surface area contributed by atoms with E-state index in [9.17, 15) is 15.0 Å². The Morgan fingerprint density at radius 3 is 2.32 bits per heavy atom. The number of aliphatic hydroxyl groups is 1. The Hall–Kier alpha value is -0.570. The highest BCUT2D eigenvalue weighted by Crippen LogP contribution is 2.46. The summed E-state index contributed by atoms with van der Waals surface area (Å²) in [5.41, 5.74) is -1.54. The maximum Gasteiger partial charge on any atom is 0.309 e. The van der Waals surface area contributed by atoms with Crippen LogP contribution in [0.15, 0.2) is 0 Å². The molecule has 0 aromatic carbocycles. The number of carboxylic acids is 1. The molecule has 1 aliphatic rings. The Balaban J connectivity index is 2.64. The standard InChI is InChI=1S/C16H30O3/c1-4-6-7-13-8-10-16(11-9-13,14(17)18)12-15(3,19)5-2/h13,19H,4-12H2,1-3H3,(H,17,18). The first kappa shape index (κ1) is 16.5. The van der Waals surface area contributed by atoms with Crippen molar-refractivity contribution in [1.29, 1.82) is 0 Å². The second kappa shape index (κ2) is 6.74. The van der Waals surface area contributed by atoms with Crippen LogP contribution in [0.3, 0.4) is 0 Å². The topological polar surface area (TPSA) is 57.5 Å². The van der Waals surface area contributed by atoms with Gasteiger partial charge < -0.3 is 10.2 Å². The lowest BCUT2D eigenvalue weighted by Gasteiger charge is -2.41. The summed E-state index contributed by atoms with van der Waals surface area (Å²) in [6.45, 7) is 5.88. The van der Waals surface area contributed by atoms with E-state index < -0.39 is 17.0 Å². The first-order chi connectivity index (χ1) is 8.85. The van der Waals surface area contributed by atoms with Gasteiger partial charge in [0, 0.05) is 0 Å².